The molecule has 2 atom stereocenters. The van der Waals surface area contributed by atoms with Crippen molar-refractivity contribution in [2.24, 2.45) is 12.8 Å². The van der Waals surface area contributed by atoms with Gasteiger partial charge in [0.2, 0.25) is 5.89 Å². The van der Waals surface area contributed by atoms with Gasteiger partial charge in [-0.25, -0.2) is 4.98 Å². The lowest BCUT2D eigenvalue weighted by molar-refractivity contribution is 0.114. The molecule has 0 aliphatic carbocycles. The standard InChI is InChI=1S/C12H17N3O2/c1-8-6-14-12(17-8)11(16)10(13)5-9-3-4-15(2)7-9/h3-4,6-7,10-11,16H,5,13H2,1-2H3. The number of rotatable bonds is 4. The highest BCUT2D eigenvalue weighted by atomic mass is 16.4. The van der Waals surface area contributed by atoms with Gasteiger partial charge in [0.15, 0.2) is 0 Å². The van der Waals surface area contributed by atoms with Crippen molar-refractivity contribution in [1.82, 2.24) is 9.55 Å². The molecule has 3 N–H and O–H groups in total. The summed E-state index contributed by atoms with van der Waals surface area (Å²) in [4.78, 5) is 3.98. The lowest BCUT2D eigenvalue weighted by Gasteiger charge is -2.15. The van der Waals surface area contributed by atoms with Gasteiger partial charge in [-0.1, -0.05) is 0 Å². The maximum absolute atomic E-state index is 9.98. The Balaban J connectivity index is 2.02. The molecule has 0 amide bonds. The smallest absolute Gasteiger partial charge is 0.224 e. The van der Waals surface area contributed by atoms with Gasteiger partial charge in [-0.2, -0.15) is 0 Å². The van der Waals surface area contributed by atoms with E-state index in [0.29, 0.717) is 12.2 Å². The van der Waals surface area contributed by atoms with Crippen LogP contribution in [0.3, 0.4) is 0 Å². The van der Waals surface area contributed by atoms with E-state index in [4.69, 9.17) is 10.2 Å². The molecule has 2 aromatic heterocycles. The Morgan fingerprint density at radius 1 is 1.59 bits per heavy atom. The Morgan fingerprint density at radius 3 is 2.88 bits per heavy atom. The molecule has 92 valence electrons. The first-order valence-corrected chi connectivity index (χ1v) is 5.53. The number of nitrogens with zero attached hydrogens (tertiary/aromatic N) is 2. The summed E-state index contributed by atoms with van der Waals surface area (Å²) < 4.78 is 7.21. The van der Waals surface area contributed by atoms with Crippen LogP contribution < -0.4 is 5.73 Å². The average Bonchev–Trinajstić information content (AvgIpc) is 2.87. The number of hydrogen-bond donors (Lipinski definition) is 2. The van der Waals surface area contributed by atoms with E-state index in [2.05, 4.69) is 4.98 Å². The summed E-state index contributed by atoms with van der Waals surface area (Å²) >= 11 is 0. The van der Waals surface area contributed by atoms with Crippen LogP contribution in [-0.4, -0.2) is 20.7 Å². The Labute approximate surface area is 99.9 Å². The molecule has 5 nitrogen and oxygen atoms in total. The second-order valence-electron chi connectivity index (χ2n) is 4.31. The number of hydrogen-bond acceptors (Lipinski definition) is 4. The van der Waals surface area contributed by atoms with Crippen LogP contribution in [0.1, 0.15) is 23.3 Å². The van der Waals surface area contributed by atoms with E-state index in [9.17, 15) is 5.11 Å². The third-order valence-corrected chi connectivity index (χ3v) is 2.66. The minimum atomic E-state index is -0.871. The Hall–Kier alpha value is -1.59. The number of aliphatic hydroxyl groups is 1. The first kappa shape index (κ1) is 11.9. The summed E-state index contributed by atoms with van der Waals surface area (Å²) in [5.74, 6) is 0.955. The molecular formula is C12H17N3O2. The van der Waals surface area contributed by atoms with Crippen molar-refractivity contribution in [2.45, 2.75) is 25.5 Å². The molecule has 0 saturated heterocycles. The van der Waals surface area contributed by atoms with E-state index < -0.39 is 12.1 Å². The molecule has 17 heavy (non-hydrogen) atoms. The normalized spacial score (nSPS) is 14.8. The van der Waals surface area contributed by atoms with Crippen LogP contribution in [-0.2, 0) is 13.5 Å². The number of oxazole rings is 1. The molecule has 0 bridgehead atoms. The zero-order valence-corrected chi connectivity index (χ0v) is 10.00. The maximum Gasteiger partial charge on any atom is 0.224 e. The van der Waals surface area contributed by atoms with Crippen LogP contribution in [0.5, 0.6) is 0 Å². The first-order chi connectivity index (χ1) is 8.06. The third-order valence-electron chi connectivity index (χ3n) is 2.66. The van der Waals surface area contributed by atoms with Gasteiger partial charge in [-0.3, -0.25) is 0 Å². The summed E-state index contributed by atoms with van der Waals surface area (Å²) in [5.41, 5.74) is 7.03. The third kappa shape index (κ3) is 2.75. The Bertz CT molecular complexity index is 489. The van der Waals surface area contributed by atoms with Crippen molar-refractivity contribution in [3.8, 4) is 0 Å². The molecule has 5 heteroatoms. The van der Waals surface area contributed by atoms with Crippen LogP contribution >= 0.6 is 0 Å². The topological polar surface area (TPSA) is 77.2 Å². The Kier molecular flexibility index (Phi) is 3.31. The quantitative estimate of drug-likeness (QED) is 0.826. The molecule has 0 aromatic carbocycles. The molecule has 0 fully saturated rings. The van der Waals surface area contributed by atoms with Crippen molar-refractivity contribution >= 4 is 0 Å². The predicted octanol–water partition coefficient (Wildman–Crippen LogP) is 0.925. The van der Waals surface area contributed by atoms with Gasteiger partial charge in [0.1, 0.15) is 11.9 Å². The summed E-state index contributed by atoms with van der Waals surface area (Å²) in [6.45, 7) is 1.78. The minimum Gasteiger partial charge on any atom is -0.443 e. The molecule has 2 aromatic rings. The van der Waals surface area contributed by atoms with Crippen molar-refractivity contribution in [2.75, 3.05) is 0 Å². The number of aryl methyl sites for hydroxylation is 2. The summed E-state index contributed by atoms with van der Waals surface area (Å²) in [7, 11) is 1.95. The summed E-state index contributed by atoms with van der Waals surface area (Å²) in [6.07, 6.45) is 5.22. The van der Waals surface area contributed by atoms with Crippen LogP contribution in [0.4, 0.5) is 0 Å². The zero-order valence-electron chi connectivity index (χ0n) is 10.00. The second kappa shape index (κ2) is 4.73. The Morgan fingerprint density at radius 2 is 2.35 bits per heavy atom. The minimum absolute atomic E-state index is 0.283. The van der Waals surface area contributed by atoms with E-state index in [1.54, 1.807) is 13.1 Å². The highest BCUT2D eigenvalue weighted by Gasteiger charge is 2.22. The first-order valence-electron chi connectivity index (χ1n) is 5.53. The molecule has 0 aliphatic rings. The van der Waals surface area contributed by atoms with Gasteiger partial charge in [0, 0.05) is 25.5 Å². The van der Waals surface area contributed by atoms with E-state index in [0.717, 1.165) is 5.56 Å². The van der Waals surface area contributed by atoms with Gasteiger partial charge in [0.25, 0.3) is 0 Å². The zero-order chi connectivity index (χ0) is 12.4. The predicted molar refractivity (Wildman–Crippen MR) is 63.3 cm³/mol. The van der Waals surface area contributed by atoms with Crippen LogP contribution in [0.25, 0.3) is 0 Å². The largest absolute Gasteiger partial charge is 0.443 e. The van der Waals surface area contributed by atoms with Crippen molar-refractivity contribution in [3.05, 3.63) is 41.9 Å². The van der Waals surface area contributed by atoms with E-state index in [1.807, 2.05) is 30.1 Å². The van der Waals surface area contributed by atoms with Crippen molar-refractivity contribution in [3.63, 3.8) is 0 Å². The maximum atomic E-state index is 9.98. The SMILES string of the molecule is Cc1cnc(C(O)C(N)Cc2ccn(C)c2)o1. The van der Waals surface area contributed by atoms with Crippen molar-refractivity contribution in [1.29, 1.82) is 0 Å². The van der Waals surface area contributed by atoms with Crippen LogP contribution in [0.15, 0.2) is 29.1 Å². The van der Waals surface area contributed by atoms with E-state index in [-0.39, 0.29) is 5.89 Å². The lowest BCUT2D eigenvalue weighted by Crippen LogP contribution is -2.30. The van der Waals surface area contributed by atoms with Crippen molar-refractivity contribution < 1.29 is 9.52 Å². The average molecular weight is 235 g/mol. The summed E-state index contributed by atoms with van der Waals surface area (Å²) in [5, 5.41) is 9.98. The fourth-order valence-electron chi connectivity index (χ4n) is 1.76. The van der Waals surface area contributed by atoms with Gasteiger partial charge < -0.3 is 19.8 Å². The molecule has 2 rings (SSSR count). The molecule has 2 unspecified atom stereocenters. The number of nitrogens with two attached hydrogens (primary N) is 1. The number of aromatic nitrogens is 2. The van der Waals surface area contributed by atoms with Gasteiger partial charge in [-0.15, -0.1) is 0 Å². The molecule has 0 radical (unpaired) electrons. The van der Waals surface area contributed by atoms with E-state index in [1.165, 1.54) is 0 Å². The van der Waals surface area contributed by atoms with Gasteiger partial charge in [-0.05, 0) is 25.0 Å². The molecule has 0 saturated carbocycles. The van der Waals surface area contributed by atoms with Gasteiger partial charge >= 0.3 is 0 Å². The monoisotopic (exact) mass is 235 g/mol. The van der Waals surface area contributed by atoms with Crippen LogP contribution in [0.2, 0.25) is 0 Å². The lowest BCUT2D eigenvalue weighted by atomic mass is 10.0. The van der Waals surface area contributed by atoms with Crippen LogP contribution in [0, 0.1) is 6.92 Å². The fraction of sp³-hybridized carbons (Fsp3) is 0.417. The fourth-order valence-corrected chi connectivity index (χ4v) is 1.76. The highest BCUT2D eigenvalue weighted by Crippen LogP contribution is 2.18. The molecular weight excluding hydrogens is 218 g/mol. The molecule has 2 heterocycles. The highest BCUT2D eigenvalue weighted by molar-refractivity contribution is 5.12. The van der Waals surface area contributed by atoms with Gasteiger partial charge in [0.05, 0.1) is 6.20 Å². The molecule has 0 spiro atoms. The van der Waals surface area contributed by atoms with E-state index >= 15 is 0 Å². The summed E-state index contributed by atoms with van der Waals surface area (Å²) in [6, 6.07) is 1.56. The molecule has 0 aliphatic heterocycles. The second-order valence-corrected chi connectivity index (χ2v) is 4.31. The number of aliphatic hydroxyl groups excluding tert-OH is 1.